The van der Waals surface area contributed by atoms with E-state index in [1.165, 1.54) is 33.4 Å². The van der Waals surface area contributed by atoms with Gasteiger partial charge in [0.2, 0.25) is 0 Å². The second kappa shape index (κ2) is 14.4. The van der Waals surface area contributed by atoms with Crippen molar-refractivity contribution in [3.63, 3.8) is 0 Å². The predicted octanol–water partition coefficient (Wildman–Crippen LogP) is 11.3. The number of pyridine rings is 2. The smallest absolute Gasteiger partial charge is 0.0695 e. The van der Waals surface area contributed by atoms with Crippen molar-refractivity contribution in [3.8, 4) is 0 Å². The summed E-state index contributed by atoms with van der Waals surface area (Å²) in [6, 6.07) is 40.0. The average Bonchev–Trinajstić information content (AvgIpc) is 3.06. The van der Waals surface area contributed by atoms with Crippen molar-refractivity contribution in [3.05, 3.63) is 155 Å². The fraction of sp³-hybridized carbons (Fsp3) is 0.364. The van der Waals surface area contributed by atoms with Crippen LogP contribution in [0, 0.1) is 0 Å². The molecule has 4 heteroatoms. The number of hydrogen-bond acceptors (Lipinski definition) is 2. The summed E-state index contributed by atoms with van der Waals surface area (Å²) < 4.78 is 0. The van der Waals surface area contributed by atoms with Crippen molar-refractivity contribution in [1.29, 1.82) is 0 Å². The molecule has 0 N–H and O–H groups in total. The Morgan fingerprint density at radius 2 is 0.833 bits per heavy atom. The Hall–Kier alpha value is -3.18. The van der Waals surface area contributed by atoms with Gasteiger partial charge in [0.05, 0.1) is 10.9 Å². The lowest BCUT2D eigenvalue weighted by atomic mass is 9.67. The minimum absolute atomic E-state index is 0.200. The third-order valence-corrected chi connectivity index (χ3v) is 16.0. The van der Waals surface area contributed by atoms with Gasteiger partial charge in [0.25, 0.3) is 0 Å². The predicted molar refractivity (Wildman–Crippen MR) is 212 cm³/mol. The second-order valence-corrected chi connectivity index (χ2v) is 22.0. The molecule has 2 nitrogen and oxygen atoms in total. The standard InChI is InChI=1S/C44H54N2P2/c1-41(2,3)48(42(4,5)6)32-34-30-38(44(9,10)36-23-15-12-16-24-36)37(43(7,8)35-21-13-11-14-22-35)29-33(34)31-47(39-25-17-19-27-45-39)40-26-18-20-28-46-40/h11-30H,31-32H2,1-10H3. The lowest BCUT2D eigenvalue weighted by Gasteiger charge is -2.43. The van der Waals surface area contributed by atoms with Crippen LogP contribution in [0.25, 0.3) is 0 Å². The van der Waals surface area contributed by atoms with Crippen molar-refractivity contribution in [1.82, 2.24) is 9.97 Å². The van der Waals surface area contributed by atoms with Crippen LogP contribution >= 0.6 is 15.8 Å². The monoisotopic (exact) mass is 672 g/mol. The molecule has 0 saturated carbocycles. The van der Waals surface area contributed by atoms with E-state index in [1.807, 2.05) is 24.5 Å². The van der Waals surface area contributed by atoms with Gasteiger partial charge < -0.3 is 0 Å². The molecule has 5 aromatic rings. The minimum Gasteiger partial charge on any atom is -0.256 e. The SMILES string of the molecule is CC(C)(c1ccccc1)c1cc(CP(c2ccccn2)c2ccccn2)c(CP(C(C)(C)C)C(C)(C)C)cc1C(C)(C)c1ccccc1. The van der Waals surface area contributed by atoms with Crippen molar-refractivity contribution >= 4 is 26.7 Å². The van der Waals surface area contributed by atoms with Gasteiger partial charge in [-0.3, -0.25) is 9.97 Å². The number of hydrogen-bond donors (Lipinski definition) is 0. The highest BCUT2D eigenvalue weighted by atomic mass is 31.1. The lowest BCUT2D eigenvalue weighted by molar-refractivity contribution is 0.577. The van der Waals surface area contributed by atoms with E-state index >= 15 is 0 Å². The normalized spacial score (nSPS) is 12.9. The molecule has 0 unspecified atom stereocenters. The second-order valence-electron chi connectivity index (χ2n) is 16.0. The van der Waals surface area contributed by atoms with E-state index in [1.54, 1.807) is 0 Å². The van der Waals surface area contributed by atoms with E-state index in [4.69, 9.17) is 9.97 Å². The zero-order chi connectivity index (χ0) is 34.7. The van der Waals surface area contributed by atoms with Gasteiger partial charge in [0, 0.05) is 37.3 Å². The first-order valence-electron chi connectivity index (χ1n) is 17.3. The van der Waals surface area contributed by atoms with E-state index < -0.39 is 7.92 Å². The van der Waals surface area contributed by atoms with Crippen LogP contribution in [0.3, 0.4) is 0 Å². The Balaban J connectivity index is 1.82. The molecule has 0 aliphatic rings. The highest BCUT2D eigenvalue weighted by Gasteiger charge is 2.38. The van der Waals surface area contributed by atoms with Crippen LogP contribution in [0.15, 0.2) is 122 Å². The van der Waals surface area contributed by atoms with Crippen LogP contribution in [0.5, 0.6) is 0 Å². The highest BCUT2D eigenvalue weighted by molar-refractivity contribution is 7.71. The van der Waals surface area contributed by atoms with Gasteiger partial charge in [0.1, 0.15) is 0 Å². The maximum Gasteiger partial charge on any atom is 0.0695 e. The number of aromatic nitrogens is 2. The molecule has 0 fully saturated rings. The molecule has 0 saturated heterocycles. The summed E-state index contributed by atoms with van der Waals surface area (Å²) in [4.78, 5) is 9.86. The minimum atomic E-state index is -0.824. The third kappa shape index (κ3) is 7.99. The summed E-state index contributed by atoms with van der Waals surface area (Å²) in [6.45, 7) is 24.3. The molecular formula is C44H54N2P2. The van der Waals surface area contributed by atoms with Crippen LogP contribution in [0.2, 0.25) is 0 Å². The molecule has 0 atom stereocenters. The van der Waals surface area contributed by atoms with E-state index in [9.17, 15) is 0 Å². The Morgan fingerprint density at radius 1 is 0.458 bits per heavy atom. The van der Waals surface area contributed by atoms with Gasteiger partial charge in [-0.15, -0.1) is 0 Å². The van der Waals surface area contributed by atoms with Gasteiger partial charge >= 0.3 is 0 Å². The summed E-state index contributed by atoms with van der Waals surface area (Å²) >= 11 is 0. The van der Waals surface area contributed by atoms with Crippen molar-refractivity contribution < 1.29 is 0 Å². The number of benzene rings is 3. The summed E-state index contributed by atoms with van der Waals surface area (Å²) in [5, 5.41) is 0.406. The zero-order valence-corrected chi connectivity index (χ0v) is 32.5. The van der Waals surface area contributed by atoms with Crippen molar-refractivity contribution in [2.45, 2.75) is 103 Å². The number of rotatable bonds is 10. The Bertz CT molecular complexity index is 1720. The van der Waals surface area contributed by atoms with E-state index in [0.29, 0.717) is 0 Å². The van der Waals surface area contributed by atoms with E-state index in [2.05, 4.69) is 166 Å². The quantitative estimate of drug-likeness (QED) is 0.138. The molecule has 0 amide bonds. The van der Waals surface area contributed by atoms with Gasteiger partial charge in [-0.2, -0.15) is 0 Å². The summed E-state index contributed by atoms with van der Waals surface area (Å²) in [5.41, 5.74) is 10.2. The lowest BCUT2D eigenvalue weighted by Crippen LogP contribution is -2.30. The van der Waals surface area contributed by atoms with Crippen LogP contribution in [-0.2, 0) is 23.2 Å². The summed E-state index contributed by atoms with van der Waals surface area (Å²) in [6.07, 6.45) is 5.85. The Morgan fingerprint density at radius 3 is 1.19 bits per heavy atom. The molecule has 2 aromatic heterocycles. The van der Waals surface area contributed by atoms with Gasteiger partial charge in [-0.25, -0.2) is 0 Å². The van der Waals surface area contributed by atoms with Crippen LogP contribution in [0.1, 0.15) is 103 Å². The average molecular weight is 673 g/mol. The molecule has 0 spiro atoms. The molecule has 48 heavy (non-hydrogen) atoms. The molecule has 5 rings (SSSR count). The first kappa shape index (κ1) is 36.1. The molecule has 0 aliphatic carbocycles. The molecule has 0 aliphatic heterocycles. The Labute approximate surface area is 293 Å². The zero-order valence-electron chi connectivity index (χ0n) is 30.8. The van der Waals surface area contributed by atoms with Gasteiger partial charge in [-0.05, 0) is 74.1 Å². The maximum absolute atomic E-state index is 4.93. The van der Waals surface area contributed by atoms with E-state index in [-0.39, 0.29) is 29.1 Å². The third-order valence-electron chi connectivity index (χ3n) is 9.81. The molecule has 3 aromatic carbocycles. The first-order chi connectivity index (χ1) is 22.6. The van der Waals surface area contributed by atoms with Gasteiger partial charge in [0.15, 0.2) is 0 Å². The van der Waals surface area contributed by atoms with Crippen LogP contribution < -0.4 is 10.9 Å². The van der Waals surface area contributed by atoms with Crippen molar-refractivity contribution in [2.75, 3.05) is 0 Å². The van der Waals surface area contributed by atoms with Crippen LogP contribution in [-0.4, -0.2) is 20.3 Å². The first-order valence-corrected chi connectivity index (χ1v) is 20.3. The molecule has 250 valence electrons. The van der Waals surface area contributed by atoms with E-state index in [0.717, 1.165) is 23.2 Å². The summed E-state index contributed by atoms with van der Waals surface area (Å²) in [7, 11) is -1.20. The number of nitrogens with zero attached hydrogens (tertiary/aromatic N) is 2. The summed E-state index contributed by atoms with van der Waals surface area (Å²) in [5.74, 6) is 0. The van der Waals surface area contributed by atoms with Crippen LogP contribution in [0.4, 0.5) is 0 Å². The fourth-order valence-corrected chi connectivity index (χ4v) is 12.9. The Kier molecular flexibility index (Phi) is 10.8. The molecule has 0 radical (unpaired) electrons. The maximum atomic E-state index is 4.93. The molecule has 2 heterocycles. The topological polar surface area (TPSA) is 25.8 Å². The highest BCUT2D eigenvalue weighted by Crippen LogP contribution is 2.62. The molecule has 0 bridgehead atoms. The molecular weight excluding hydrogens is 618 g/mol. The van der Waals surface area contributed by atoms with Crippen molar-refractivity contribution in [2.24, 2.45) is 0 Å². The van der Waals surface area contributed by atoms with Gasteiger partial charge in [-0.1, -0.05) is 162 Å². The fourth-order valence-electron chi connectivity index (χ4n) is 7.17. The largest absolute Gasteiger partial charge is 0.256 e.